The molecule has 0 unspecified atom stereocenters. The average molecular weight is 257 g/mol. The van der Waals surface area contributed by atoms with Crippen LogP contribution in [0, 0.1) is 5.82 Å². The summed E-state index contributed by atoms with van der Waals surface area (Å²) in [6.45, 7) is 0.902. The SMILES string of the molecule is O=C(NCCCOCCO)c1c(O)cccc1F. The van der Waals surface area contributed by atoms with E-state index in [1.54, 1.807) is 0 Å². The molecule has 0 aliphatic heterocycles. The van der Waals surface area contributed by atoms with Gasteiger partial charge in [0, 0.05) is 13.2 Å². The summed E-state index contributed by atoms with van der Waals surface area (Å²) in [6, 6.07) is 3.69. The van der Waals surface area contributed by atoms with Gasteiger partial charge in [0.25, 0.3) is 5.91 Å². The fraction of sp³-hybridized carbons (Fsp3) is 0.417. The minimum absolute atomic E-state index is 0.0462. The van der Waals surface area contributed by atoms with Crippen LogP contribution in [0.5, 0.6) is 5.75 Å². The molecule has 0 aliphatic rings. The molecule has 0 spiro atoms. The summed E-state index contributed by atoms with van der Waals surface area (Å²) >= 11 is 0. The zero-order valence-electron chi connectivity index (χ0n) is 9.86. The number of benzene rings is 1. The predicted molar refractivity (Wildman–Crippen MR) is 62.9 cm³/mol. The third-order valence-electron chi connectivity index (χ3n) is 2.21. The first kappa shape index (κ1) is 14.4. The highest BCUT2D eigenvalue weighted by molar-refractivity contribution is 5.97. The summed E-state index contributed by atoms with van der Waals surface area (Å²) < 4.78 is 18.3. The number of hydrogen-bond acceptors (Lipinski definition) is 4. The third-order valence-corrected chi connectivity index (χ3v) is 2.21. The van der Waals surface area contributed by atoms with Crippen LogP contribution < -0.4 is 5.32 Å². The smallest absolute Gasteiger partial charge is 0.258 e. The highest BCUT2D eigenvalue weighted by Gasteiger charge is 2.15. The summed E-state index contributed by atoms with van der Waals surface area (Å²) in [5, 5.41) is 20.3. The standard InChI is InChI=1S/C12H16FNO4/c13-9-3-1-4-10(16)11(9)12(17)14-5-2-7-18-8-6-15/h1,3-4,15-16H,2,5-8H2,(H,14,17). The summed E-state index contributed by atoms with van der Waals surface area (Å²) in [4.78, 5) is 11.6. The number of rotatable bonds is 7. The Morgan fingerprint density at radius 2 is 2.17 bits per heavy atom. The van der Waals surface area contributed by atoms with E-state index in [2.05, 4.69) is 5.32 Å². The first-order valence-corrected chi connectivity index (χ1v) is 5.61. The van der Waals surface area contributed by atoms with Gasteiger partial charge in [-0.1, -0.05) is 6.07 Å². The average Bonchev–Trinajstić information content (AvgIpc) is 2.33. The number of amides is 1. The van der Waals surface area contributed by atoms with E-state index in [1.165, 1.54) is 12.1 Å². The van der Waals surface area contributed by atoms with Crippen LogP contribution in [0.4, 0.5) is 4.39 Å². The van der Waals surface area contributed by atoms with Crippen LogP contribution in [0.1, 0.15) is 16.8 Å². The number of aliphatic hydroxyl groups is 1. The molecule has 0 radical (unpaired) electrons. The lowest BCUT2D eigenvalue weighted by Crippen LogP contribution is -2.26. The van der Waals surface area contributed by atoms with Gasteiger partial charge in [0.15, 0.2) is 0 Å². The molecule has 3 N–H and O–H groups in total. The number of aliphatic hydroxyl groups excluding tert-OH is 1. The van der Waals surface area contributed by atoms with Crippen molar-refractivity contribution in [3.63, 3.8) is 0 Å². The zero-order valence-corrected chi connectivity index (χ0v) is 9.86. The van der Waals surface area contributed by atoms with Crippen molar-refractivity contribution in [2.24, 2.45) is 0 Å². The Labute approximate surface area is 104 Å². The first-order valence-electron chi connectivity index (χ1n) is 5.61. The first-order chi connectivity index (χ1) is 8.66. The topological polar surface area (TPSA) is 78.8 Å². The summed E-state index contributed by atoms with van der Waals surface area (Å²) in [5.74, 6) is -1.80. The molecule has 5 nitrogen and oxygen atoms in total. The normalized spacial score (nSPS) is 10.3. The minimum atomic E-state index is -0.760. The van der Waals surface area contributed by atoms with Crippen molar-refractivity contribution in [3.05, 3.63) is 29.6 Å². The Bertz CT molecular complexity index is 377. The fourth-order valence-corrected chi connectivity index (χ4v) is 1.37. The molecule has 100 valence electrons. The van der Waals surface area contributed by atoms with E-state index in [-0.39, 0.29) is 24.5 Å². The van der Waals surface area contributed by atoms with Crippen LogP contribution in [-0.4, -0.2) is 42.5 Å². The Kier molecular flexibility index (Phi) is 6.10. The van der Waals surface area contributed by atoms with Crippen molar-refractivity contribution in [1.29, 1.82) is 0 Å². The van der Waals surface area contributed by atoms with Crippen molar-refractivity contribution >= 4 is 5.91 Å². The van der Waals surface area contributed by atoms with Gasteiger partial charge < -0.3 is 20.3 Å². The summed E-state index contributed by atoms with van der Waals surface area (Å²) in [7, 11) is 0. The molecule has 0 fully saturated rings. The predicted octanol–water partition coefficient (Wildman–Crippen LogP) is 0.660. The molecule has 0 aliphatic carbocycles. The summed E-state index contributed by atoms with van der Waals surface area (Å²) in [5.41, 5.74) is -0.353. The molecule has 0 atom stereocenters. The number of carbonyl (C=O) groups is 1. The molecule has 0 aromatic heterocycles. The quantitative estimate of drug-likeness (QED) is 0.627. The molecule has 0 heterocycles. The van der Waals surface area contributed by atoms with Gasteiger partial charge in [-0.25, -0.2) is 4.39 Å². The van der Waals surface area contributed by atoms with Crippen molar-refractivity contribution in [2.75, 3.05) is 26.4 Å². The molecule has 1 aromatic carbocycles. The van der Waals surface area contributed by atoms with Gasteiger partial charge in [0.1, 0.15) is 17.1 Å². The highest BCUT2D eigenvalue weighted by atomic mass is 19.1. The van der Waals surface area contributed by atoms with Gasteiger partial charge in [0.2, 0.25) is 0 Å². The Morgan fingerprint density at radius 1 is 1.39 bits per heavy atom. The van der Waals surface area contributed by atoms with Crippen LogP contribution >= 0.6 is 0 Å². The van der Waals surface area contributed by atoms with E-state index >= 15 is 0 Å². The van der Waals surface area contributed by atoms with E-state index in [9.17, 15) is 14.3 Å². The Balaban J connectivity index is 2.37. The van der Waals surface area contributed by atoms with Crippen LogP contribution in [0.15, 0.2) is 18.2 Å². The second-order valence-corrected chi connectivity index (χ2v) is 3.58. The maximum atomic E-state index is 13.3. The van der Waals surface area contributed by atoms with Crippen molar-refractivity contribution < 1.29 is 24.1 Å². The van der Waals surface area contributed by atoms with Gasteiger partial charge >= 0.3 is 0 Å². The number of phenols is 1. The lowest BCUT2D eigenvalue weighted by atomic mass is 10.1. The van der Waals surface area contributed by atoms with Crippen molar-refractivity contribution in [2.45, 2.75) is 6.42 Å². The third kappa shape index (κ3) is 4.31. The van der Waals surface area contributed by atoms with Crippen molar-refractivity contribution in [3.8, 4) is 5.75 Å². The van der Waals surface area contributed by atoms with Crippen LogP contribution in [0.25, 0.3) is 0 Å². The molecule has 0 bridgehead atoms. The lowest BCUT2D eigenvalue weighted by Gasteiger charge is -2.07. The summed E-state index contributed by atoms with van der Waals surface area (Å²) in [6.07, 6.45) is 0.543. The Morgan fingerprint density at radius 3 is 2.83 bits per heavy atom. The fourth-order valence-electron chi connectivity index (χ4n) is 1.37. The van der Waals surface area contributed by atoms with Crippen molar-refractivity contribution in [1.82, 2.24) is 5.32 Å². The second-order valence-electron chi connectivity index (χ2n) is 3.58. The van der Waals surface area contributed by atoms with Crippen LogP contribution in [0.2, 0.25) is 0 Å². The molecule has 1 aromatic rings. The number of hydrogen-bond donors (Lipinski definition) is 3. The van der Waals surface area contributed by atoms with Gasteiger partial charge in [-0.15, -0.1) is 0 Å². The molecule has 6 heteroatoms. The van der Waals surface area contributed by atoms with Gasteiger partial charge in [-0.2, -0.15) is 0 Å². The van der Waals surface area contributed by atoms with E-state index in [0.29, 0.717) is 19.6 Å². The minimum Gasteiger partial charge on any atom is -0.507 e. The number of ether oxygens (including phenoxy) is 1. The molecule has 0 saturated heterocycles. The largest absolute Gasteiger partial charge is 0.507 e. The number of aromatic hydroxyl groups is 1. The number of carbonyl (C=O) groups excluding carboxylic acids is 1. The van der Waals surface area contributed by atoms with E-state index < -0.39 is 11.7 Å². The number of halogens is 1. The van der Waals surface area contributed by atoms with Crippen LogP contribution in [-0.2, 0) is 4.74 Å². The number of phenolic OH excluding ortho intramolecular Hbond substituents is 1. The Hall–Kier alpha value is -1.66. The maximum Gasteiger partial charge on any atom is 0.258 e. The second kappa shape index (κ2) is 7.62. The van der Waals surface area contributed by atoms with E-state index in [0.717, 1.165) is 6.07 Å². The van der Waals surface area contributed by atoms with Gasteiger partial charge in [-0.3, -0.25) is 4.79 Å². The monoisotopic (exact) mass is 257 g/mol. The van der Waals surface area contributed by atoms with Crippen LogP contribution in [0.3, 0.4) is 0 Å². The zero-order chi connectivity index (χ0) is 13.4. The molecule has 1 rings (SSSR count). The molecular formula is C12H16FNO4. The molecule has 0 saturated carbocycles. The van der Waals surface area contributed by atoms with E-state index in [1.807, 2.05) is 0 Å². The maximum absolute atomic E-state index is 13.3. The lowest BCUT2D eigenvalue weighted by molar-refractivity contribution is 0.0865. The van der Waals surface area contributed by atoms with Gasteiger partial charge in [-0.05, 0) is 18.6 Å². The number of nitrogens with one attached hydrogen (secondary N) is 1. The molecule has 1 amide bonds. The molecule has 18 heavy (non-hydrogen) atoms. The highest BCUT2D eigenvalue weighted by Crippen LogP contribution is 2.19. The van der Waals surface area contributed by atoms with E-state index in [4.69, 9.17) is 9.84 Å². The van der Waals surface area contributed by atoms with Gasteiger partial charge in [0.05, 0.1) is 13.2 Å². The molecular weight excluding hydrogens is 241 g/mol.